The van der Waals surface area contributed by atoms with Crippen LogP contribution >= 0.6 is 0 Å². The minimum atomic E-state index is -0.426. The average Bonchev–Trinajstić information content (AvgIpc) is 2.47. The number of piperidine rings is 1. The predicted molar refractivity (Wildman–Crippen MR) is 76.2 cm³/mol. The van der Waals surface area contributed by atoms with Crippen LogP contribution < -0.4 is 4.90 Å². The largest absolute Gasteiger partial charge is 0.312 e. The van der Waals surface area contributed by atoms with Gasteiger partial charge in [-0.1, -0.05) is 26.0 Å². The normalized spacial score (nSPS) is 19.6. The maximum Gasteiger partial charge on any atom is 0.237 e. The topological polar surface area (TPSA) is 37.4 Å². The summed E-state index contributed by atoms with van der Waals surface area (Å²) in [7, 11) is 0. The van der Waals surface area contributed by atoms with E-state index in [0.717, 1.165) is 25.1 Å². The number of anilines is 1. The van der Waals surface area contributed by atoms with E-state index in [9.17, 15) is 9.59 Å². The van der Waals surface area contributed by atoms with Crippen LogP contribution in [0.2, 0.25) is 0 Å². The predicted octanol–water partition coefficient (Wildman–Crippen LogP) is 2.97. The summed E-state index contributed by atoms with van der Waals surface area (Å²) in [6.07, 6.45) is 3.04. The van der Waals surface area contributed by atoms with Crippen molar-refractivity contribution < 1.29 is 9.59 Å². The van der Waals surface area contributed by atoms with Crippen molar-refractivity contribution in [3.8, 4) is 0 Å². The second-order valence-electron chi connectivity index (χ2n) is 5.02. The van der Waals surface area contributed by atoms with E-state index in [4.69, 9.17) is 0 Å². The lowest BCUT2D eigenvalue weighted by Gasteiger charge is -2.31. The third-order valence-electron chi connectivity index (χ3n) is 3.83. The Hall–Kier alpha value is -1.64. The highest BCUT2D eigenvalue weighted by Gasteiger charge is 2.33. The van der Waals surface area contributed by atoms with Crippen molar-refractivity contribution in [3.63, 3.8) is 0 Å². The van der Waals surface area contributed by atoms with E-state index >= 15 is 0 Å². The van der Waals surface area contributed by atoms with Crippen LogP contribution in [-0.2, 0) is 16.0 Å². The molecule has 2 rings (SSSR count). The van der Waals surface area contributed by atoms with Crippen molar-refractivity contribution in [2.45, 2.75) is 39.5 Å². The number of aryl methyl sites for hydroxylation is 1. The van der Waals surface area contributed by atoms with Crippen molar-refractivity contribution >= 4 is 17.4 Å². The van der Waals surface area contributed by atoms with Crippen molar-refractivity contribution in [2.24, 2.45) is 5.92 Å². The molecule has 0 spiro atoms. The van der Waals surface area contributed by atoms with E-state index in [-0.39, 0.29) is 11.7 Å². The quantitative estimate of drug-likeness (QED) is 0.780. The van der Waals surface area contributed by atoms with Crippen molar-refractivity contribution in [1.82, 2.24) is 0 Å². The lowest BCUT2D eigenvalue weighted by Crippen LogP contribution is -2.44. The van der Waals surface area contributed by atoms with Crippen LogP contribution in [0.1, 0.15) is 38.7 Å². The van der Waals surface area contributed by atoms with Crippen LogP contribution in [0.3, 0.4) is 0 Å². The summed E-state index contributed by atoms with van der Waals surface area (Å²) in [6.45, 7) is 4.65. The molecule has 3 nitrogen and oxygen atoms in total. The molecule has 1 fully saturated rings. The second kappa shape index (κ2) is 6.00. The summed E-state index contributed by atoms with van der Waals surface area (Å²) in [5.74, 6) is -0.383. The number of amides is 1. The highest BCUT2D eigenvalue weighted by molar-refractivity contribution is 6.08. The van der Waals surface area contributed by atoms with Gasteiger partial charge in [0, 0.05) is 18.7 Å². The number of carbonyl (C=O) groups is 2. The fourth-order valence-electron chi connectivity index (χ4n) is 2.59. The van der Waals surface area contributed by atoms with Gasteiger partial charge in [-0.05, 0) is 37.0 Å². The third kappa shape index (κ3) is 2.86. The van der Waals surface area contributed by atoms with Crippen molar-refractivity contribution in [3.05, 3.63) is 29.8 Å². The molecule has 1 aromatic rings. The summed E-state index contributed by atoms with van der Waals surface area (Å²) in [5, 5.41) is 0. The Labute approximate surface area is 114 Å². The van der Waals surface area contributed by atoms with Gasteiger partial charge in [-0.3, -0.25) is 9.59 Å². The molecule has 1 heterocycles. The van der Waals surface area contributed by atoms with Gasteiger partial charge in [0.15, 0.2) is 0 Å². The molecule has 0 bridgehead atoms. The van der Waals surface area contributed by atoms with Crippen LogP contribution in [0.5, 0.6) is 0 Å². The van der Waals surface area contributed by atoms with Gasteiger partial charge in [0.1, 0.15) is 5.78 Å². The zero-order valence-corrected chi connectivity index (χ0v) is 11.7. The molecule has 0 aliphatic carbocycles. The first-order chi connectivity index (χ1) is 9.17. The monoisotopic (exact) mass is 259 g/mol. The van der Waals surface area contributed by atoms with Crippen LogP contribution in [0.25, 0.3) is 0 Å². The Morgan fingerprint density at radius 3 is 2.53 bits per heavy atom. The zero-order chi connectivity index (χ0) is 13.8. The van der Waals surface area contributed by atoms with Crippen molar-refractivity contribution in [2.75, 3.05) is 11.4 Å². The number of nitrogens with zero attached hydrogens (tertiary/aromatic N) is 1. The maximum absolute atomic E-state index is 12.4. The second-order valence-corrected chi connectivity index (χ2v) is 5.02. The molecule has 3 heteroatoms. The first kappa shape index (κ1) is 13.8. The third-order valence-corrected chi connectivity index (χ3v) is 3.83. The maximum atomic E-state index is 12.4. The van der Waals surface area contributed by atoms with Gasteiger partial charge < -0.3 is 4.90 Å². The van der Waals surface area contributed by atoms with E-state index in [1.54, 1.807) is 4.90 Å². The van der Waals surface area contributed by atoms with E-state index < -0.39 is 5.92 Å². The van der Waals surface area contributed by atoms with Gasteiger partial charge in [0.2, 0.25) is 5.91 Å². The Morgan fingerprint density at radius 1 is 1.26 bits per heavy atom. The lowest BCUT2D eigenvalue weighted by molar-refractivity contribution is -0.133. The van der Waals surface area contributed by atoms with Gasteiger partial charge in [0.25, 0.3) is 0 Å². The summed E-state index contributed by atoms with van der Waals surface area (Å²) >= 11 is 0. The zero-order valence-electron chi connectivity index (χ0n) is 11.7. The Balaban J connectivity index is 2.18. The highest BCUT2D eigenvalue weighted by atomic mass is 16.2. The van der Waals surface area contributed by atoms with Crippen LogP contribution in [0.4, 0.5) is 5.69 Å². The van der Waals surface area contributed by atoms with Crippen LogP contribution in [0.15, 0.2) is 24.3 Å². The van der Waals surface area contributed by atoms with E-state index in [1.807, 2.05) is 31.2 Å². The molecular formula is C16H21NO2. The van der Waals surface area contributed by atoms with E-state index in [1.165, 1.54) is 5.56 Å². The fraction of sp³-hybridized carbons (Fsp3) is 0.500. The molecule has 0 unspecified atom stereocenters. The minimum Gasteiger partial charge on any atom is -0.312 e. The molecule has 1 saturated heterocycles. The molecule has 1 aliphatic heterocycles. The molecule has 0 saturated carbocycles. The molecule has 1 atom stereocenters. The molecule has 102 valence electrons. The number of ketones is 1. The standard InChI is InChI=1S/C16H21NO2/c1-3-12-7-9-13(10-8-12)17-11-5-6-14(16(17)19)15(18)4-2/h7-10,14H,3-6,11H2,1-2H3/t14-/m0/s1. The Bertz CT molecular complexity index is 464. The highest BCUT2D eigenvalue weighted by Crippen LogP contribution is 2.26. The SMILES string of the molecule is CCC(=O)[C@@H]1CCCN(c2ccc(CC)cc2)C1=O. The number of rotatable bonds is 4. The van der Waals surface area contributed by atoms with Gasteiger partial charge in [0.05, 0.1) is 5.92 Å². The van der Waals surface area contributed by atoms with Crippen LogP contribution in [0, 0.1) is 5.92 Å². The molecule has 0 aromatic heterocycles. The number of benzene rings is 1. The molecule has 1 aliphatic rings. The van der Waals surface area contributed by atoms with Gasteiger partial charge in [-0.2, -0.15) is 0 Å². The fourth-order valence-corrected chi connectivity index (χ4v) is 2.59. The van der Waals surface area contributed by atoms with E-state index in [0.29, 0.717) is 12.8 Å². The summed E-state index contributed by atoms with van der Waals surface area (Å²) in [6, 6.07) is 8.06. The summed E-state index contributed by atoms with van der Waals surface area (Å²) < 4.78 is 0. The average molecular weight is 259 g/mol. The van der Waals surface area contributed by atoms with Crippen molar-refractivity contribution in [1.29, 1.82) is 0 Å². The lowest BCUT2D eigenvalue weighted by atomic mass is 9.91. The molecule has 19 heavy (non-hydrogen) atoms. The molecule has 0 radical (unpaired) electrons. The van der Waals surface area contributed by atoms with Gasteiger partial charge in [-0.25, -0.2) is 0 Å². The smallest absolute Gasteiger partial charge is 0.237 e. The molecular weight excluding hydrogens is 238 g/mol. The molecule has 1 aromatic carbocycles. The minimum absolute atomic E-state index is 0.0256. The summed E-state index contributed by atoms with van der Waals surface area (Å²) in [4.78, 5) is 26.0. The number of carbonyl (C=O) groups excluding carboxylic acids is 2. The number of hydrogen-bond acceptors (Lipinski definition) is 2. The van der Waals surface area contributed by atoms with Gasteiger partial charge in [-0.15, -0.1) is 0 Å². The first-order valence-electron chi connectivity index (χ1n) is 7.10. The number of Topliss-reactive ketones (excluding diaryl/α,β-unsaturated/α-hetero) is 1. The number of hydrogen-bond donors (Lipinski definition) is 0. The molecule has 0 N–H and O–H groups in total. The first-order valence-corrected chi connectivity index (χ1v) is 7.10. The Kier molecular flexibility index (Phi) is 4.35. The van der Waals surface area contributed by atoms with Gasteiger partial charge >= 0.3 is 0 Å². The summed E-state index contributed by atoms with van der Waals surface area (Å²) in [5.41, 5.74) is 2.17. The Morgan fingerprint density at radius 2 is 1.95 bits per heavy atom. The van der Waals surface area contributed by atoms with E-state index in [2.05, 4.69) is 6.92 Å². The van der Waals surface area contributed by atoms with Crippen LogP contribution in [-0.4, -0.2) is 18.2 Å². The molecule has 1 amide bonds.